The summed E-state index contributed by atoms with van der Waals surface area (Å²) in [6.07, 6.45) is 8.72. The average Bonchev–Trinajstić information content (AvgIpc) is 3.60. The maximum absolute atomic E-state index is 4.72. The molecule has 0 saturated heterocycles. The topological polar surface area (TPSA) is 19.4 Å². The molecule has 0 spiro atoms. The van der Waals surface area contributed by atoms with E-state index in [9.17, 15) is 0 Å². The van der Waals surface area contributed by atoms with E-state index in [0.29, 0.717) is 0 Å². The number of rotatable bonds is 15. The van der Waals surface area contributed by atoms with Crippen LogP contribution in [-0.4, -0.2) is 4.98 Å². The highest BCUT2D eigenvalue weighted by atomic mass is 15.1. The Morgan fingerprint density at radius 2 is 0.886 bits per heavy atom. The maximum Gasteiger partial charge on any atom is 0.0701 e. The number of aromatic nitrogens is 1. The van der Waals surface area contributed by atoms with Gasteiger partial charge in [-0.05, 0) is 171 Å². The average molecular weight is 1010 g/mol. The highest BCUT2D eigenvalue weighted by Crippen LogP contribution is 2.44. The van der Waals surface area contributed by atoms with E-state index in [4.69, 9.17) is 4.98 Å². The number of hydrogen-bond donors (Lipinski definition) is 0. The fraction of sp³-hybridized carbons (Fsp3) is 0.0132. The highest BCUT2D eigenvalue weighted by Gasteiger charge is 2.20. The number of pyridine rings is 1. The lowest BCUT2D eigenvalue weighted by Crippen LogP contribution is -2.11. The van der Waals surface area contributed by atoms with Crippen molar-refractivity contribution in [3.05, 3.63) is 355 Å². The molecule has 12 rings (SSSR count). The first-order valence-electron chi connectivity index (χ1n) is 26.9. The normalized spacial score (nSPS) is 11.1. The summed E-state index contributed by atoms with van der Waals surface area (Å²) in [6.45, 7) is 2.22. The van der Waals surface area contributed by atoms with Crippen molar-refractivity contribution in [1.29, 1.82) is 0 Å². The molecule has 0 saturated carbocycles. The molecule has 376 valence electrons. The second-order valence-corrected chi connectivity index (χ2v) is 19.6. The largest absolute Gasteiger partial charge is 0.310 e. The van der Waals surface area contributed by atoms with Crippen LogP contribution in [0.2, 0.25) is 0 Å². The Kier molecular flexibility index (Phi) is 14.6. The summed E-state index contributed by atoms with van der Waals surface area (Å²) >= 11 is 0. The molecule has 0 radical (unpaired) electrons. The Hall–Kier alpha value is -10.4. The molecular weight excluding hydrogens is 955 g/mol. The second kappa shape index (κ2) is 23.3. The highest BCUT2D eigenvalue weighted by molar-refractivity contribution is 6.02. The van der Waals surface area contributed by atoms with Gasteiger partial charge in [0, 0.05) is 45.6 Å². The molecule has 3 heteroatoms. The van der Waals surface area contributed by atoms with Gasteiger partial charge in [0.05, 0.1) is 11.4 Å². The van der Waals surface area contributed by atoms with Crippen molar-refractivity contribution in [1.82, 2.24) is 4.98 Å². The van der Waals surface area contributed by atoms with Crippen LogP contribution in [0, 0.1) is 0 Å². The van der Waals surface area contributed by atoms with E-state index in [1.165, 1.54) is 33.4 Å². The van der Waals surface area contributed by atoms with Gasteiger partial charge < -0.3 is 9.80 Å². The lowest BCUT2D eigenvalue weighted by Gasteiger charge is -2.28. The fourth-order valence-corrected chi connectivity index (χ4v) is 10.6. The molecule has 11 aromatic carbocycles. The first kappa shape index (κ1) is 49.5. The van der Waals surface area contributed by atoms with Gasteiger partial charge in [-0.1, -0.05) is 224 Å². The van der Waals surface area contributed by atoms with Gasteiger partial charge in [0.25, 0.3) is 0 Å². The van der Waals surface area contributed by atoms with Crippen LogP contribution in [0.5, 0.6) is 0 Å². The molecule has 0 N–H and O–H groups in total. The summed E-state index contributed by atoms with van der Waals surface area (Å²) in [7, 11) is 0. The zero-order chi connectivity index (χ0) is 53.2. The predicted molar refractivity (Wildman–Crippen MR) is 335 cm³/mol. The van der Waals surface area contributed by atoms with Crippen molar-refractivity contribution >= 4 is 68.2 Å². The zero-order valence-electron chi connectivity index (χ0n) is 44.0. The molecule has 0 aliphatic carbocycles. The van der Waals surface area contributed by atoms with Gasteiger partial charge in [-0.3, -0.25) is 4.98 Å². The molecule has 0 aliphatic rings. The molecule has 1 heterocycles. The van der Waals surface area contributed by atoms with Gasteiger partial charge in [-0.15, -0.1) is 0 Å². The van der Waals surface area contributed by atoms with E-state index >= 15 is 0 Å². The molecule has 0 bridgehead atoms. The molecule has 0 aliphatic heterocycles. The molecule has 0 fully saturated rings. The number of para-hydroxylation sites is 2. The number of hydrogen-bond acceptors (Lipinski definition) is 3. The molecule has 3 nitrogen and oxygen atoms in total. The maximum atomic E-state index is 4.72. The first-order chi connectivity index (χ1) is 39.1. The van der Waals surface area contributed by atoms with Crippen molar-refractivity contribution < 1.29 is 0 Å². The third-order valence-electron chi connectivity index (χ3n) is 14.4. The first-order valence-corrected chi connectivity index (χ1v) is 26.9. The van der Waals surface area contributed by atoms with E-state index in [2.05, 4.69) is 326 Å². The molecule has 0 atom stereocenters. The standard InChI is InChI=1S/C76H57N3/c1-56(76(62-28-12-4-13-29-62)63-30-14-5-15-31-63)41-42-57-51-66(64-32-22-38-70(54-64)78(67-34-16-6-17-35-67)68-36-18-7-19-37-68)55-71(52-57)79(69-46-44-61(45-47-69)74-39-20-21-49-77-74)75-40-23-33-65-50-58(43-48-72(65)75)53-73(59-24-8-2-9-25-59)60-26-10-3-11-27-60/h2-55H,1H3. The number of anilines is 6. The third kappa shape index (κ3) is 11.2. The van der Waals surface area contributed by atoms with Crippen LogP contribution in [0.15, 0.2) is 321 Å². The smallest absolute Gasteiger partial charge is 0.0701 e. The van der Waals surface area contributed by atoms with Crippen LogP contribution in [-0.2, 0) is 0 Å². The Bertz CT molecular complexity index is 3960. The summed E-state index contributed by atoms with van der Waals surface area (Å²) in [5.74, 6) is 0. The Morgan fingerprint density at radius 1 is 0.354 bits per heavy atom. The Labute approximate surface area is 464 Å². The van der Waals surface area contributed by atoms with Crippen molar-refractivity contribution in [3.8, 4) is 22.4 Å². The molecule has 12 aromatic rings. The molecular formula is C76H57N3. The van der Waals surface area contributed by atoms with Gasteiger partial charge >= 0.3 is 0 Å². The monoisotopic (exact) mass is 1010 g/mol. The Balaban J connectivity index is 1.05. The summed E-state index contributed by atoms with van der Waals surface area (Å²) in [5, 5.41) is 2.28. The third-order valence-corrected chi connectivity index (χ3v) is 14.4. The minimum absolute atomic E-state index is 0.930. The molecule has 0 unspecified atom stereocenters. The van der Waals surface area contributed by atoms with Crippen LogP contribution in [0.1, 0.15) is 40.3 Å². The lowest BCUT2D eigenvalue weighted by molar-refractivity contribution is 1.28. The van der Waals surface area contributed by atoms with E-state index < -0.39 is 0 Å². The van der Waals surface area contributed by atoms with E-state index in [-0.39, 0.29) is 0 Å². The molecule has 0 amide bonds. The SMILES string of the molecule is CC(C=Cc1cc(-c2cccc(N(c3ccccc3)c3ccccc3)c2)cc(N(c2ccc(-c3ccccn3)cc2)c2cccc3cc(C=C(c4ccccc4)c4ccccc4)ccc23)c1)=C(c1ccccc1)c1ccccc1. The molecule has 1 aromatic heterocycles. The van der Waals surface area contributed by atoms with Gasteiger partial charge in [-0.2, -0.15) is 0 Å². The summed E-state index contributed by atoms with van der Waals surface area (Å²) in [6, 6.07) is 108. The minimum atomic E-state index is 0.930. The quantitative estimate of drug-likeness (QED) is 0.0754. The van der Waals surface area contributed by atoms with Gasteiger partial charge in [0.15, 0.2) is 0 Å². The van der Waals surface area contributed by atoms with Crippen LogP contribution in [0.3, 0.4) is 0 Å². The van der Waals surface area contributed by atoms with Crippen molar-refractivity contribution in [3.63, 3.8) is 0 Å². The Morgan fingerprint density at radius 3 is 1.48 bits per heavy atom. The fourth-order valence-electron chi connectivity index (χ4n) is 10.6. The van der Waals surface area contributed by atoms with Crippen LogP contribution in [0.4, 0.5) is 34.1 Å². The summed E-state index contributed by atoms with van der Waals surface area (Å²) < 4.78 is 0. The van der Waals surface area contributed by atoms with Crippen molar-refractivity contribution in [2.45, 2.75) is 6.92 Å². The minimum Gasteiger partial charge on any atom is -0.310 e. The molecule has 79 heavy (non-hydrogen) atoms. The van der Waals surface area contributed by atoms with Gasteiger partial charge in [0.1, 0.15) is 0 Å². The second-order valence-electron chi connectivity index (χ2n) is 19.6. The van der Waals surface area contributed by atoms with Gasteiger partial charge in [-0.25, -0.2) is 0 Å². The van der Waals surface area contributed by atoms with Crippen molar-refractivity contribution in [2.24, 2.45) is 0 Å². The van der Waals surface area contributed by atoms with E-state index in [1.54, 1.807) is 0 Å². The number of fused-ring (bicyclic) bond motifs is 1. The number of benzene rings is 11. The van der Waals surface area contributed by atoms with Crippen LogP contribution < -0.4 is 9.80 Å². The summed E-state index contributed by atoms with van der Waals surface area (Å²) in [5.41, 5.74) is 21.0. The van der Waals surface area contributed by atoms with Crippen LogP contribution in [0.25, 0.3) is 56.5 Å². The zero-order valence-corrected chi connectivity index (χ0v) is 44.0. The lowest BCUT2D eigenvalue weighted by atomic mass is 9.93. The predicted octanol–water partition coefficient (Wildman–Crippen LogP) is 20.6. The van der Waals surface area contributed by atoms with E-state index in [1.807, 2.05) is 18.3 Å². The van der Waals surface area contributed by atoms with E-state index in [0.717, 1.165) is 84.0 Å². The summed E-state index contributed by atoms with van der Waals surface area (Å²) in [4.78, 5) is 9.47. The van der Waals surface area contributed by atoms with Crippen LogP contribution >= 0.6 is 0 Å². The van der Waals surface area contributed by atoms with Gasteiger partial charge in [0.2, 0.25) is 0 Å². The van der Waals surface area contributed by atoms with Crippen molar-refractivity contribution in [2.75, 3.05) is 9.80 Å². The number of nitrogens with zero attached hydrogens (tertiary/aromatic N) is 3. The number of allylic oxidation sites excluding steroid dienone is 2.